The van der Waals surface area contributed by atoms with E-state index in [1.165, 1.54) is 16.4 Å². The summed E-state index contributed by atoms with van der Waals surface area (Å²) in [6, 6.07) is 1.77. The number of piperazine rings is 1. The van der Waals surface area contributed by atoms with E-state index in [0.717, 1.165) is 0 Å². The summed E-state index contributed by atoms with van der Waals surface area (Å²) in [4.78, 5) is 26.2. The van der Waals surface area contributed by atoms with Crippen LogP contribution in [0.4, 0.5) is 0 Å². The normalized spacial score (nSPS) is 21.7. The lowest BCUT2D eigenvalue weighted by Crippen LogP contribution is -2.53. The Kier molecular flexibility index (Phi) is 5.64. The summed E-state index contributed by atoms with van der Waals surface area (Å²) in [6.07, 6.45) is 1.08. The lowest BCUT2D eigenvalue weighted by molar-refractivity contribution is -0.135. The first-order chi connectivity index (χ1) is 12.4. The number of nitrogens with one attached hydrogen (secondary N) is 1. The molecule has 0 aromatic carbocycles. The van der Waals surface area contributed by atoms with Crippen LogP contribution in [0, 0.1) is 0 Å². The standard InChI is InChI=1S/C16H23N3O6S/c1-2-24-16(21)13-5-6-14(25-13)26(22,23)19-9-3-4-12(19)15(20)18-10-7-17-8-11-18/h5-6,12,17H,2-4,7-11H2,1H3. The van der Waals surface area contributed by atoms with Crippen LogP contribution < -0.4 is 5.32 Å². The van der Waals surface area contributed by atoms with Crippen molar-refractivity contribution in [3.8, 4) is 0 Å². The molecular formula is C16H23N3O6S. The van der Waals surface area contributed by atoms with Crippen LogP contribution in [0.5, 0.6) is 0 Å². The highest BCUT2D eigenvalue weighted by atomic mass is 32.2. The van der Waals surface area contributed by atoms with Crippen LogP contribution in [0.15, 0.2) is 21.6 Å². The van der Waals surface area contributed by atoms with Crippen molar-refractivity contribution < 1.29 is 27.2 Å². The van der Waals surface area contributed by atoms with Crippen molar-refractivity contribution in [1.29, 1.82) is 0 Å². The number of hydrogen-bond donors (Lipinski definition) is 1. The molecule has 1 aromatic rings. The molecule has 26 heavy (non-hydrogen) atoms. The summed E-state index contributed by atoms with van der Waals surface area (Å²) in [5.74, 6) is -1.07. The molecule has 2 aliphatic rings. The van der Waals surface area contributed by atoms with E-state index < -0.39 is 22.0 Å². The van der Waals surface area contributed by atoms with Crippen molar-refractivity contribution in [2.24, 2.45) is 0 Å². The topological polar surface area (TPSA) is 109 Å². The van der Waals surface area contributed by atoms with Gasteiger partial charge in [0.25, 0.3) is 10.0 Å². The third-order valence-corrected chi connectivity index (χ3v) is 6.32. The molecule has 0 saturated carbocycles. The van der Waals surface area contributed by atoms with Crippen molar-refractivity contribution >= 4 is 21.9 Å². The maximum atomic E-state index is 12.9. The molecule has 2 fully saturated rings. The van der Waals surface area contributed by atoms with E-state index in [-0.39, 0.29) is 29.9 Å². The van der Waals surface area contributed by atoms with Gasteiger partial charge in [0.05, 0.1) is 6.61 Å². The fraction of sp³-hybridized carbons (Fsp3) is 0.625. The Morgan fingerprint density at radius 1 is 1.27 bits per heavy atom. The summed E-state index contributed by atoms with van der Waals surface area (Å²) in [7, 11) is -4.00. The average molecular weight is 385 g/mol. The smallest absolute Gasteiger partial charge is 0.374 e. The summed E-state index contributed by atoms with van der Waals surface area (Å²) < 4.78 is 37.1. The molecule has 1 amide bonds. The van der Waals surface area contributed by atoms with Crippen molar-refractivity contribution in [3.05, 3.63) is 17.9 Å². The first kappa shape index (κ1) is 18.9. The van der Waals surface area contributed by atoms with Gasteiger partial charge in [0, 0.05) is 32.7 Å². The molecule has 3 heterocycles. The van der Waals surface area contributed by atoms with Gasteiger partial charge in [-0.15, -0.1) is 0 Å². The van der Waals surface area contributed by atoms with E-state index in [1.54, 1.807) is 11.8 Å². The van der Waals surface area contributed by atoms with Crippen molar-refractivity contribution in [3.63, 3.8) is 0 Å². The Bertz CT molecular complexity index is 769. The van der Waals surface area contributed by atoms with Gasteiger partial charge in [0.2, 0.25) is 16.8 Å². The SMILES string of the molecule is CCOC(=O)c1ccc(S(=O)(=O)N2CCCC2C(=O)N2CCNCC2)o1. The zero-order valence-electron chi connectivity index (χ0n) is 14.6. The molecule has 9 nitrogen and oxygen atoms in total. The maximum absolute atomic E-state index is 12.9. The minimum atomic E-state index is -4.00. The Labute approximate surface area is 152 Å². The van der Waals surface area contributed by atoms with E-state index in [9.17, 15) is 18.0 Å². The molecule has 1 atom stereocenters. The number of carbonyl (C=O) groups excluding carboxylic acids is 2. The Hall–Kier alpha value is -1.91. The second-order valence-electron chi connectivity index (χ2n) is 6.19. The Morgan fingerprint density at radius 3 is 2.69 bits per heavy atom. The molecule has 3 rings (SSSR count). The number of amides is 1. The second kappa shape index (κ2) is 7.77. The number of esters is 1. The number of nitrogens with zero attached hydrogens (tertiary/aromatic N) is 2. The molecule has 1 aromatic heterocycles. The van der Waals surface area contributed by atoms with E-state index >= 15 is 0 Å². The van der Waals surface area contributed by atoms with Crippen LogP contribution in [0.1, 0.15) is 30.3 Å². The van der Waals surface area contributed by atoms with Gasteiger partial charge in [-0.05, 0) is 31.9 Å². The van der Waals surface area contributed by atoms with Gasteiger partial charge in [-0.3, -0.25) is 4.79 Å². The molecule has 0 bridgehead atoms. The Balaban J connectivity index is 1.79. The quantitative estimate of drug-likeness (QED) is 0.713. The van der Waals surface area contributed by atoms with Gasteiger partial charge in [0.15, 0.2) is 0 Å². The third kappa shape index (κ3) is 3.62. The van der Waals surface area contributed by atoms with E-state index in [2.05, 4.69) is 5.32 Å². The average Bonchev–Trinajstić information content (AvgIpc) is 3.32. The molecule has 144 valence electrons. The number of rotatable bonds is 5. The van der Waals surface area contributed by atoms with Gasteiger partial charge in [0.1, 0.15) is 6.04 Å². The number of furan rings is 1. The number of sulfonamides is 1. The molecule has 2 aliphatic heterocycles. The highest BCUT2D eigenvalue weighted by molar-refractivity contribution is 7.89. The second-order valence-corrected chi connectivity index (χ2v) is 8.01. The molecule has 0 spiro atoms. The van der Waals surface area contributed by atoms with Gasteiger partial charge in [-0.1, -0.05) is 0 Å². The van der Waals surface area contributed by atoms with Gasteiger partial charge in [-0.2, -0.15) is 4.31 Å². The minimum absolute atomic E-state index is 0.162. The lowest BCUT2D eigenvalue weighted by Gasteiger charge is -2.32. The van der Waals surface area contributed by atoms with E-state index in [1.807, 2.05) is 0 Å². The molecule has 0 aliphatic carbocycles. The first-order valence-electron chi connectivity index (χ1n) is 8.73. The predicted molar refractivity (Wildman–Crippen MR) is 91.0 cm³/mol. The third-order valence-electron chi connectivity index (χ3n) is 4.54. The summed E-state index contributed by atoms with van der Waals surface area (Å²) in [5.41, 5.74) is 0. The molecule has 1 N–H and O–H groups in total. The van der Waals surface area contributed by atoms with Crippen LogP contribution >= 0.6 is 0 Å². The van der Waals surface area contributed by atoms with Crippen LogP contribution in [-0.4, -0.2) is 74.9 Å². The maximum Gasteiger partial charge on any atom is 0.374 e. The minimum Gasteiger partial charge on any atom is -0.460 e. The lowest BCUT2D eigenvalue weighted by atomic mass is 10.2. The highest BCUT2D eigenvalue weighted by Gasteiger charge is 2.42. The van der Waals surface area contributed by atoms with Crippen molar-refractivity contribution in [1.82, 2.24) is 14.5 Å². The molecule has 1 unspecified atom stereocenters. The van der Waals surface area contributed by atoms with Crippen molar-refractivity contribution in [2.45, 2.75) is 30.9 Å². The molecular weight excluding hydrogens is 362 g/mol. The van der Waals surface area contributed by atoms with Gasteiger partial charge < -0.3 is 19.4 Å². The fourth-order valence-corrected chi connectivity index (χ4v) is 4.82. The molecule has 10 heteroatoms. The Morgan fingerprint density at radius 2 is 2.00 bits per heavy atom. The fourth-order valence-electron chi connectivity index (χ4n) is 3.26. The monoisotopic (exact) mass is 385 g/mol. The van der Waals surface area contributed by atoms with Crippen LogP contribution in [-0.2, 0) is 19.6 Å². The largest absolute Gasteiger partial charge is 0.460 e. The van der Waals surface area contributed by atoms with Gasteiger partial charge >= 0.3 is 5.97 Å². The number of hydrogen-bond acceptors (Lipinski definition) is 7. The first-order valence-corrected chi connectivity index (χ1v) is 10.2. The number of carbonyl (C=O) groups is 2. The molecule has 2 saturated heterocycles. The van der Waals surface area contributed by atoms with Crippen LogP contribution in [0.3, 0.4) is 0 Å². The predicted octanol–water partition coefficient (Wildman–Crippen LogP) is 0.0412. The highest BCUT2D eigenvalue weighted by Crippen LogP contribution is 2.28. The molecule has 0 radical (unpaired) electrons. The summed E-state index contributed by atoms with van der Waals surface area (Å²) in [5, 5.41) is 2.82. The summed E-state index contributed by atoms with van der Waals surface area (Å²) in [6.45, 7) is 4.59. The van der Waals surface area contributed by atoms with E-state index in [4.69, 9.17) is 9.15 Å². The number of ether oxygens (including phenoxy) is 1. The van der Waals surface area contributed by atoms with Crippen LogP contribution in [0.25, 0.3) is 0 Å². The van der Waals surface area contributed by atoms with Crippen molar-refractivity contribution in [2.75, 3.05) is 39.3 Å². The van der Waals surface area contributed by atoms with Gasteiger partial charge in [-0.25, -0.2) is 13.2 Å². The zero-order chi connectivity index (χ0) is 18.7. The summed E-state index contributed by atoms with van der Waals surface area (Å²) >= 11 is 0. The van der Waals surface area contributed by atoms with E-state index in [0.29, 0.717) is 39.0 Å². The van der Waals surface area contributed by atoms with Crippen LogP contribution in [0.2, 0.25) is 0 Å². The zero-order valence-corrected chi connectivity index (χ0v) is 15.5.